The van der Waals surface area contributed by atoms with Gasteiger partial charge in [-0.25, -0.2) is 17.7 Å². The normalized spacial score (nSPS) is 12.2. The van der Waals surface area contributed by atoms with Gasteiger partial charge in [-0.3, -0.25) is 0 Å². The maximum Gasteiger partial charge on any atom is 0.242 e. The summed E-state index contributed by atoms with van der Waals surface area (Å²) in [5, 5.41) is 9.99. The van der Waals surface area contributed by atoms with Crippen LogP contribution in [0.5, 0.6) is 0 Å². The highest BCUT2D eigenvalue weighted by Gasteiger charge is 2.20. The van der Waals surface area contributed by atoms with Crippen LogP contribution in [0.1, 0.15) is 12.7 Å². The first-order chi connectivity index (χ1) is 15.2. The third kappa shape index (κ3) is 4.03. The fraction of sp³-hybridized carbons (Fsp3) is 0.286. The van der Waals surface area contributed by atoms with Crippen LogP contribution in [0.3, 0.4) is 0 Å². The number of fused-ring (bicyclic) bond motifs is 1. The monoisotopic (exact) mass is 490 g/mol. The molecule has 0 N–H and O–H groups in total. The molecule has 0 spiro atoms. The SMILES string of the molecule is CCn1c(CSc2nnc(-c3ccccc3Cl)n2C)nc2cc(S(=O)(=O)N(C)C)ccc21. The van der Waals surface area contributed by atoms with Gasteiger partial charge < -0.3 is 9.13 Å². The fourth-order valence-corrected chi connectivity index (χ4v) is 5.44. The van der Waals surface area contributed by atoms with Crippen molar-refractivity contribution in [1.29, 1.82) is 0 Å². The second-order valence-corrected chi connectivity index (χ2v) is 10.8. The molecule has 0 saturated heterocycles. The molecule has 0 aliphatic carbocycles. The Bertz CT molecular complexity index is 1390. The lowest BCUT2D eigenvalue weighted by Gasteiger charge is -2.11. The number of sulfonamides is 1. The third-order valence-electron chi connectivity index (χ3n) is 5.17. The Labute approximate surface area is 196 Å². The number of benzene rings is 2. The Morgan fingerprint density at radius 1 is 1.12 bits per heavy atom. The first-order valence-electron chi connectivity index (χ1n) is 9.92. The quantitative estimate of drug-likeness (QED) is 0.363. The summed E-state index contributed by atoms with van der Waals surface area (Å²) in [6.07, 6.45) is 0. The summed E-state index contributed by atoms with van der Waals surface area (Å²) in [6.45, 7) is 2.76. The summed E-state index contributed by atoms with van der Waals surface area (Å²) in [7, 11) is 1.42. The number of halogens is 1. The van der Waals surface area contributed by atoms with Crippen LogP contribution in [0.2, 0.25) is 5.02 Å². The van der Waals surface area contributed by atoms with Crippen LogP contribution in [0.25, 0.3) is 22.4 Å². The second kappa shape index (κ2) is 8.86. The number of nitrogens with zero attached hydrogens (tertiary/aromatic N) is 6. The van der Waals surface area contributed by atoms with Gasteiger partial charge in [0.15, 0.2) is 11.0 Å². The molecule has 0 fully saturated rings. The van der Waals surface area contributed by atoms with E-state index in [1.807, 2.05) is 48.9 Å². The van der Waals surface area contributed by atoms with E-state index in [1.54, 1.807) is 12.1 Å². The lowest BCUT2D eigenvalue weighted by Crippen LogP contribution is -2.22. The standard InChI is InChI=1S/C21H23ClN6O2S2/c1-5-28-18-11-10-14(32(29,30)26(2)3)12-17(18)23-19(28)13-31-21-25-24-20(27(21)4)15-8-6-7-9-16(15)22/h6-12H,5,13H2,1-4H3. The Morgan fingerprint density at radius 2 is 1.88 bits per heavy atom. The van der Waals surface area contributed by atoms with Gasteiger partial charge in [0.1, 0.15) is 5.82 Å². The molecule has 32 heavy (non-hydrogen) atoms. The summed E-state index contributed by atoms with van der Waals surface area (Å²) < 4.78 is 30.2. The molecule has 0 aliphatic heterocycles. The van der Waals surface area contributed by atoms with Crippen LogP contribution in [-0.4, -0.2) is 51.1 Å². The van der Waals surface area contributed by atoms with E-state index in [1.165, 1.54) is 30.2 Å². The molecule has 11 heteroatoms. The van der Waals surface area contributed by atoms with E-state index in [-0.39, 0.29) is 4.90 Å². The Balaban J connectivity index is 1.63. The summed E-state index contributed by atoms with van der Waals surface area (Å²) in [6, 6.07) is 12.6. The zero-order chi connectivity index (χ0) is 23.0. The maximum atomic E-state index is 12.5. The largest absolute Gasteiger partial charge is 0.328 e. The van der Waals surface area contributed by atoms with Crippen molar-refractivity contribution >= 4 is 44.4 Å². The minimum absolute atomic E-state index is 0.229. The minimum Gasteiger partial charge on any atom is -0.328 e. The molecule has 0 saturated carbocycles. The van der Waals surface area contributed by atoms with Gasteiger partial charge >= 0.3 is 0 Å². The molecule has 0 bridgehead atoms. The molecule has 0 aliphatic rings. The predicted molar refractivity (Wildman–Crippen MR) is 127 cm³/mol. The molecular formula is C21H23ClN6O2S2. The first kappa shape index (κ1) is 22.8. The second-order valence-electron chi connectivity index (χ2n) is 7.34. The Hall–Kier alpha value is -2.40. The number of aryl methyl sites for hydroxylation is 1. The maximum absolute atomic E-state index is 12.5. The van der Waals surface area contributed by atoms with Gasteiger partial charge in [-0.15, -0.1) is 10.2 Å². The molecule has 0 unspecified atom stereocenters. The summed E-state index contributed by atoms with van der Waals surface area (Å²) in [5.41, 5.74) is 2.38. The van der Waals surface area contributed by atoms with Crippen molar-refractivity contribution in [3.63, 3.8) is 0 Å². The van der Waals surface area contributed by atoms with E-state index in [0.29, 0.717) is 22.1 Å². The van der Waals surface area contributed by atoms with Crippen molar-refractivity contribution < 1.29 is 8.42 Å². The minimum atomic E-state index is -3.52. The van der Waals surface area contributed by atoms with E-state index in [2.05, 4.69) is 14.8 Å². The highest BCUT2D eigenvalue weighted by atomic mass is 35.5. The van der Waals surface area contributed by atoms with Gasteiger partial charge in [0.2, 0.25) is 10.0 Å². The molecule has 2 heterocycles. The van der Waals surface area contributed by atoms with Gasteiger partial charge in [0.25, 0.3) is 0 Å². The average molecular weight is 491 g/mol. The van der Waals surface area contributed by atoms with Gasteiger partial charge in [-0.1, -0.05) is 35.5 Å². The van der Waals surface area contributed by atoms with Crippen molar-refractivity contribution in [2.45, 2.75) is 29.3 Å². The molecule has 0 atom stereocenters. The number of aromatic nitrogens is 5. The smallest absolute Gasteiger partial charge is 0.242 e. The van der Waals surface area contributed by atoms with Crippen molar-refractivity contribution in [2.75, 3.05) is 14.1 Å². The van der Waals surface area contributed by atoms with Crippen LogP contribution in [0.15, 0.2) is 52.5 Å². The summed E-state index contributed by atoms with van der Waals surface area (Å²) in [4.78, 5) is 4.95. The van der Waals surface area contributed by atoms with Crippen molar-refractivity contribution in [2.24, 2.45) is 7.05 Å². The fourth-order valence-electron chi connectivity index (χ4n) is 3.44. The zero-order valence-electron chi connectivity index (χ0n) is 18.1. The van der Waals surface area contributed by atoms with E-state index in [9.17, 15) is 8.42 Å². The number of hydrogen-bond acceptors (Lipinski definition) is 6. The molecule has 2 aromatic carbocycles. The van der Waals surface area contributed by atoms with Gasteiger partial charge in [0.05, 0.1) is 26.7 Å². The van der Waals surface area contributed by atoms with Gasteiger partial charge in [-0.05, 0) is 37.3 Å². The number of rotatable bonds is 7. The van der Waals surface area contributed by atoms with E-state index in [4.69, 9.17) is 16.6 Å². The van der Waals surface area contributed by atoms with E-state index >= 15 is 0 Å². The van der Waals surface area contributed by atoms with Crippen molar-refractivity contribution in [3.8, 4) is 11.4 Å². The lowest BCUT2D eigenvalue weighted by molar-refractivity contribution is 0.521. The summed E-state index contributed by atoms with van der Waals surface area (Å²) in [5.74, 6) is 2.10. The molecule has 2 aromatic heterocycles. The molecule has 4 aromatic rings. The highest BCUT2D eigenvalue weighted by Crippen LogP contribution is 2.30. The van der Waals surface area contributed by atoms with Crippen LogP contribution in [-0.2, 0) is 29.4 Å². The van der Waals surface area contributed by atoms with Gasteiger partial charge in [-0.2, -0.15) is 0 Å². The Kier molecular flexibility index (Phi) is 6.30. The summed E-state index contributed by atoms with van der Waals surface area (Å²) >= 11 is 7.83. The Morgan fingerprint density at radius 3 is 2.56 bits per heavy atom. The van der Waals surface area contributed by atoms with Crippen molar-refractivity contribution in [3.05, 3.63) is 53.3 Å². The molecule has 8 nitrogen and oxygen atoms in total. The van der Waals surface area contributed by atoms with Gasteiger partial charge in [0, 0.05) is 33.3 Å². The van der Waals surface area contributed by atoms with E-state index < -0.39 is 10.0 Å². The lowest BCUT2D eigenvalue weighted by atomic mass is 10.2. The highest BCUT2D eigenvalue weighted by molar-refractivity contribution is 7.98. The van der Waals surface area contributed by atoms with Crippen LogP contribution in [0.4, 0.5) is 0 Å². The predicted octanol–water partition coefficient (Wildman–Crippen LogP) is 4.05. The van der Waals surface area contributed by atoms with Crippen molar-refractivity contribution in [1.82, 2.24) is 28.6 Å². The molecule has 0 amide bonds. The van der Waals surface area contributed by atoms with Crippen LogP contribution >= 0.6 is 23.4 Å². The number of hydrogen-bond donors (Lipinski definition) is 0. The molecule has 0 radical (unpaired) electrons. The van der Waals surface area contributed by atoms with Crippen LogP contribution < -0.4 is 0 Å². The molecule has 168 valence electrons. The molecule has 4 rings (SSSR count). The topological polar surface area (TPSA) is 85.9 Å². The number of imidazole rings is 1. The third-order valence-corrected chi connectivity index (χ3v) is 8.33. The first-order valence-corrected chi connectivity index (χ1v) is 12.7. The zero-order valence-corrected chi connectivity index (χ0v) is 20.5. The van der Waals surface area contributed by atoms with Crippen LogP contribution in [0, 0.1) is 0 Å². The van der Waals surface area contributed by atoms with E-state index in [0.717, 1.165) is 28.6 Å². The molecular weight excluding hydrogens is 468 g/mol. The number of thioether (sulfide) groups is 1. The average Bonchev–Trinajstić information content (AvgIpc) is 3.31.